The highest BCUT2D eigenvalue weighted by Gasteiger charge is 2.52. The van der Waals surface area contributed by atoms with Crippen molar-refractivity contribution in [3.63, 3.8) is 0 Å². The SMILES string of the molecule is c1ccc2c(c1)-c1ccccc1C21c2ccccc2-c2c(N(c3ccc4c5ccccc5c5ccccc5c4c3)c3ccccc3-n3c4ccccc4c4ccccc43)cccc21. The minimum atomic E-state index is -0.467. The van der Waals surface area contributed by atoms with Crippen molar-refractivity contribution in [3.05, 3.63) is 253 Å². The molecular formula is C61H38N2. The molecule has 1 heterocycles. The van der Waals surface area contributed by atoms with Gasteiger partial charge in [0.2, 0.25) is 0 Å². The van der Waals surface area contributed by atoms with E-state index in [9.17, 15) is 0 Å². The van der Waals surface area contributed by atoms with Crippen LogP contribution in [0.5, 0.6) is 0 Å². The summed E-state index contributed by atoms with van der Waals surface area (Å²) in [6, 6.07) is 86.0. The van der Waals surface area contributed by atoms with E-state index in [2.05, 4.69) is 240 Å². The lowest BCUT2D eigenvalue weighted by atomic mass is 9.70. The van der Waals surface area contributed by atoms with Gasteiger partial charge in [0, 0.05) is 22.0 Å². The van der Waals surface area contributed by atoms with Crippen molar-refractivity contribution in [1.82, 2.24) is 4.57 Å². The van der Waals surface area contributed by atoms with Crippen LogP contribution >= 0.6 is 0 Å². The van der Waals surface area contributed by atoms with Gasteiger partial charge in [0.25, 0.3) is 0 Å². The van der Waals surface area contributed by atoms with Crippen molar-refractivity contribution in [2.24, 2.45) is 0 Å². The van der Waals surface area contributed by atoms with E-state index in [-0.39, 0.29) is 0 Å². The van der Waals surface area contributed by atoms with E-state index in [1.54, 1.807) is 0 Å². The highest BCUT2D eigenvalue weighted by Crippen LogP contribution is 2.65. The zero-order valence-corrected chi connectivity index (χ0v) is 34.3. The summed E-state index contributed by atoms with van der Waals surface area (Å²) in [5.74, 6) is 0. The second-order valence-corrected chi connectivity index (χ2v) is 17.1. The van der Waals surface area contributed by atoms with Gasteiger partial charge in [0.15, 0.2) is 0 Å². The summed E-state index contributed by atoms with van der Waals surface area (Å²) in [6.45, 7) is 0. The Labute approximate surface area is 365 Å². The van der Waals surface area contributed by atoms with E-state index >= 15 is 0 Å². The van der Waals surface area contributed by atoms with E-state index in [1.165, 1.54) is 98.6 Å². The first-order chi connectivity index (χ1) is 31.3. The van der Waals surface area contributed by atoms with Crippen molar-refractivity contribution >= 4 is 71.2 Å². The molecule has 0 atom stereocenters. The van der Waals surface area contributed by atoms with Crippen LogP contribution in [0.4, 0.5) is 17.1 Å². The Morgan fingerprint density at radius 1 is 0.302 bits per heavy atom. The average Bonchev–Trinajstić information content (AvgIpc) is 3.97. The van der Waals surface area contributed by atoms with Crippen molar-refractivity contribution in [2.75, 3.05) is 4.90 Å². The first-order valence-electron chi connectivity index (χ1n) is 21.9. The number of hydrogen-bond donors (Lipinski definition) is 0. The molecule has 11 aromatic carbocycles. The highest BCUT2D eigenvalue weighted by atomic mass is 15.2. The second-order valence-electron chi connectivity index (χ2n) is 17.1. The van der Waals surface area contributed by atoms with E-state index in [4.69, 9.17) is 0 Å². The maximum atomic E-state index is 2.56. The maximum Gasteiger partial charge on any atom is 0.0726 e. The lowest BCUT2D eigenvalue weighted by Gasteiger charge is -2.32. The van der Waals surface area contributed by atoms with Crippen LogP contribution in [0.1, 0.15) is 22.3 Å². The van der Waals surface area contributed by atoms with Crippen molar-refractivity contribution in [3.8, 4) is 27.9 Å². The van der Waals surface area contributed by atoms with Gasteiger partial charge in [0.05, 0.1) is 33.5 Å². The molecule has 0 saturated carbocycles. The number of anilines is 3. The zero-order valence-electron chi connectivity index (χ0n) is 34.3. The lowest BCUT2D eigenvalue weighted by molar-refractivity contribution is 0.794. The number of nitrogens with zero attached hydrogens (tertiary/aromatic N) is 2. The largest absolute Gasteiger partial charge is 0.308 e. The summed E-state index contributed by atoms with van der Waals surface area (Å²) < 4.78 is 2.47. The Bertz CT molecular complexity index is 3750. The molecule has 63 heavy (non-hydrogen) atoms. The van der Waals surface area contributed by atoms with Crippen LogP contribution in [-0.4, -0.2) is 4.57 Å². The van der Waals surface area contributed by atoms with Crippen LogP contribution in [0.3, 0.4) is 0 Å². The van der Waals surface area contributed by atoms with Gasteiger partial charge in [-0.15, -0.1) is 0 Å². The number of fused-ring (bicyclic) bond motifs is 19. The second kappa shape index (κ2) is 12.9. The summed E-state index contributed by atoms with van der Waals surface area (Å²) in [5.41, 5.74) is 16.9. The Kier molecular flexibility index (Phi) is 7.07. The van der Waals surface area contributed by atoms with Gasteiger partial charge in [-0.25, -0.2) is 0 Å². The molecule has 2 heteroatoms. The monoisotopic (exact) mass is 798 g/mol. The van der Waals surface area contributed by atoms with Crippen molar-refractivity contribution in [1.29, 1.82) is 0 Å². The van der Waals surface area contributed by atoms with E-state index in [1.807, 2.05) is 0 Å². The summed E-state index contributed by atoms with van der Waals surface area (Å²) in [5, 5.41) is 10.1. The number of benzene rings is 11. The molecule has 0 N–H and O–H groups in total. The van der Waals surface area contributed by atoms with Gasteiger partial charge >= 0.3 is 0 Å². The lowest BCUT2D eigenvalue weighted by Crippen LogP contribution is -2.26. The molecular weight excluding hydrogens is 761 g/mol. The molecule has 0 radical (unpaired) electrons. The number of para-hydroxylation sites is 4. The summed E-state index contributed by atoms with van der Waals surface area (Å²) in [7, 11) is 0. The first-order valence-corrected chi connectivity index (χ1v) is 21.9. The normalized spacial score (nSPS) is 13.2. The molecule has 12 aromatic rings. The van der Waals surface area contributed by atoms with Gasteiger partial charge < -0.3 is 9.47 Å². The third-order valence-electron chi connectivity index (χ3n) is 14.2. The Morgan fingerprint density at radius 3 is 1.35 bits per heavy atom. The van der Waals surface area contributed by atoms with E-state index in [0.29, 0.717) is 0 Å². The third-order valence-corrected chi connectivity index (χ3v) is 14.2. The molecule has 0 unspecified atom stereocenters. The van der Waals surface area contributed by atoms with Gasteiger partial charge in [-0.05, 0) is 114 Å². The average molecular weight is 799 g/mol. The van der Waals surface area contributed by atoms with Crippen molar-refractivity contribution < 1.29 is 0 Å². The zero-order chi connectivity index (χ0) is 41.2. The number of rotatable bonds is 4. The van der Waals surface area contributed by atoms with Crippen LogP contribution in [0.2, 0.25) is 0 Å². The minimum Gasteiger partial charge on any atom is -0.308 e. The molecule has 1 spiro atoms. The van der Waals surface area contributed by atoms with Gasteiger partial charge in [-0.2, -0.15) is 0 Å². The van der Waals surface area contributed by atoms with Crippen LogP contribution < -0.4 is 4.90 Å². The van der Waals surface area contributed by atoms with Crippen molar-refractivity contribution in [2.45, 2.75) is 5.41 Å². The fourth-order valence-electron chi connectivity index (χ4n) is 11.8. The molecule has 0 aliphatic heterocycles. The van der Waals surface area contributed by atoms with Gasteiger partial charge in [-0.3, -0.25) is 0 Å². The van der Waals surface area contributed by atoms with Gasteiger partial charge in [0.1, 0.15) is 0 Å². The Morgan fingerprint density at radius 2 is 0.730 bits per heavy atom. The molecule has 0 fully saturated rings. The number of aromatic nitrogens is 1. The predicted octanol–water partition coefficient (Wildman–Crippen LogP) is 16.1. The fraction of sp³-hybridized carbons (Fsp3) is 0.0164. The first kappa shape index (κ1) is 34.5. The molecule has 0 saturated heterocycles. The smallest absolute Gasteiger partial charge is 0.0726 e. The standard InChI is InChI=1S/C61H38N2/c1-2-20-42-40(18-1)41-19-3-4-21-43(41)50-38-39(36-37-44(42)50)62(57-33-15-16-34-58(57)63-55-31-13-8-24-47(55)48-25-9-14-32-56(48)63)59-35-17-30-54-60(59)49-26-7-12-29-53(49)61(54)51-27-10-5-22-45(51)46-23-6-11-28-52(46)61/h1-38H. The quantitative estimate of drug-likeness (QED) is 0.161. The van der Waals surface area contributed by atoms with Crippen LogP contribution in [0, 0.1) is 0 Å². The van der Waals surface area contributed by atoms with Crippen LogP contribution in [0.15, 0.2) is 231 Å². The molecule has 2 aliphatic rings. The fourth-order valence-corrected chi connectivity index (χ4v) is 11.8. The molecule has 2 nitrogen and oxygen atoms in total. The molecule has 2 aliphatic carbocycles. The van der Waals surface area contributed by atoms with Crippen LogP contribution in [-0.2, 0) is 5.41 Å². The topological polar surface area (TPSA) is 8.17 Å². The molecule has 0 amide bonds. The number of hydrogen-bond acceptors (Lipinski definition) is 1. The summed E-state index contributed by atoms with van der Waals surface area (Å²) in [4.78, 5) is 2.56. The Balaban J connectivity index is 1.12. The third kappa shape index (κ3) is 4.52. The predicted molar refractivity (Wildman–Crippen MR) is 264 cm³/mol. The van der Waals surface area contributed by atoms with Crippen LogP contribution in [0.25, 0.3) is 82.1 Å². The molecule has 0 bridgehead atoms. The molecule has 14 rings (SSSR count). The maximum absolute atomic E-state index is 2.56. The highest BCUT2D eigenvalue weighted by molar-refractivity contribution is 6.26. The summed E-state index contributed by atoms with van der Waals surface area (Å²) >= 11 is 0. The van der Waals surface area contributed by atoms with E-state index in [0.717, 1.165) is 22.7 Å². The summed E-state index contributed by atoms with van der Waals surface area (Å²) in [6.07, 6.45) is 0. The molecule has 292 valence electrons. The molecule has 1 aromatic heterocycles. The van der Waals surface area contributed by atoms with E-state index < -0.39 is 5.41 Å². The minimum absolute atomic E-state index is 0.467. The Hall–Kier alpha value is -8.20. The van der Waals surface area contributed by atoms with Gasteiger partial charge in [-0.1, -0.05) is 188 Å².